The predicted octanol–water partition coefficient (Wildman–Crippen LogP) is 3.62. The predicted molar refractivity (Wildman–Crippen MR) is 83.4 cm³/mol. The Kier molecular flexibility index (Phi) is 4.23. The number of ether oxygens (including phenoxy) is 2. The van der Waals surface area contributed by atoms with Gasteiger partial charge in [0.15, 0.2) is 0 Å². The van der Waals surface area contributed by atoms with Crippen LogP contribution in [0.15, 0.2) is 48.5 Å². The third-order valence-electron chi connectivity index (χ3n) is 4.02. The van der Waals surface area contributed by atoms with Crippen LogP contribution in [0.1, 0.15) is 35.7 Å². The van der Waals surface area contributed by atoms with Crippen molar-refractivity contribution in [2.24, 2.45) is 0 Å². The van der Waals surface area contributed by atoms with Crippen molar-refractivity contribution in [1.29, 1.82) is 0 Å². The van der Waals surface area contributed by atoms with Crippen LogP contribution in [0, 0.1) is 0 Å². The molecular formula is C18H21NO2. The maximum absolute atomic E-state index is 5.70. The van der Waals surface area contributed by atoms with Crippen LogP contribution in [0.4, 0.5) is 0 Å². The molecule has 3 rings (SSSR count). The van der Waals surface area contributed by atoms with Crippen LogP contribution >= 0.6 is 0 Å². The molecule has 0 saturated heterocycles. The van der Waals surface area contributed by atoms with Crippen molar-refractivity contribution in [1.82, 2.24) is 5.32 Å². The molecule has 1 aliphatic heterocycles. The summed E-state index contributed by atoms with van der Waals surface area (Å²) < 4.78 is 11.0. The third-order valence-corrected chi connectivity index (χ3v) is 4.02. The largest absolute Gasteiger partial charge is 0.497 e. The van der Waals surface area contributed by atoms with E-state index in [0.29, 0.717) is 13.2 Å². The summed E-state index contributed by atoms with van der Waals surface area (Å²) >= 11 is 0. The molecule has 2 unspecified atom stereocenters. The van der Waals surface area contributed by atoms with E-state index in [9.17, 15) is 0 Å². The highest BCUT2D eigenvalue weighted by molar-refractivity contribution is 5.33. The first kappa shape index (κ1) is 14.1. The fraction of sp³-hybridized carbons (Fsp3) is 0.333. The second-order valence-electron chi connectivity index (χ2n) is 5.43. The lowest BCUT2D eigenvalue weighted by Gasteiger charge is -2.29. The number of methoxy groups -OCH3 is 1. The third kappa shape index (κ3) is 3.09. The lowest BCUT2D eigenvalue weighted by Crippen LogP contribution is -2.31. The SMILES string of the molecule is COc1cccc(C(C)NC2COCc3ccccc32)c1. The van der Waals surface area contributed by atoms with E-state index in [1.165, 1.54) is 16.7 Å². The second kappa shape index (κ2) is 6.29. The van der Waals surface area contributed by atoms with Gasteiger partial charge in [0.1, 0.15) is 5.75 Å². The number of hydrogen-bond acceptors (Lipinski definition) is 3. The lowest BCUT2D eigenvalue weighted by atomic mass is 9.97. The van der Waals surface area contributed by atoms with Crippen molar-refractivity contribution < 1.29 is 9.47 Å². The Bertz CT molecular complexity index is 612. The van der Waals surface area contributed by atoms with Crippen molar-refractivity contribution in [3.63, 3.8) is 0 Å². The fourth-order valence-corrected chi connectivity index (χ4v) is 2.83. The quantitative estimate of drug-likeness (QED) is 0.929. The summed E-state index contributed by atoms with van der Waals surface area (Å²) in [5, 5.41) is 3.66. The van der Waals surface area contributed by atoms with Gasteiger partial charge in [-0.15, -0.1) is 0 Å². The van der Waals surface area contributed by atoms with Gasteiger partial charge in [-0.25, -0.2) is 0 Å². The molecule has 0 spiro atoms. The molecule has 110 valence electrons. The number of hydrogen-bond donors (Lipinski definition) is 1. The van der Waals surface area contributed by atoms with Gasteiger partial charge in [-0.1, -0.05) is 36.4 Å². The normalized spacial score (nSPS) is 18.9. The fourth-order valence-electron chi connectivity index (χ4n) is 2.83. The minimum atomic E-state index is 0.233. The van der Waals surface area contributed by atoms with Crippen LogP contribution in [0.3, 0.4) is 0 Å². The molecule has 2 aromatic carbocycles. The van der Waals surface area contributed by atoms with Gasteiger partial charge in [-0.2, -0.15) is 0 Å². The molecule has 1 aliphatic rings. The Morgan fingerprint density at radius 3 is 2.90 bits per heavy atom. The minimum Gasteiger partial charge on any atom is -0.497 e. The van der Waals surface area contributed by atoms with E-state index in [1.807, 2.05) is 12.1 Å². The minimum absolute atomic E-state index is 0.233. The number of nitrogens with one attached hydrogen (secondary N) is 1. The van der Waals surface area contributed by atoms with Gasteiger partial charge in [0, 0.05) is 6.04 Å². The van der Waals surface area contributed by atoms with Gasteiger partial charge >= 0.3 is 0 Å². The molecule has 0 bridgehead atoms. The molecule has 0 amide bonds. The zero-order chi connectivity index (χ0) is 14.7. The molecule has 0 aromatic heterocycles. The van der Waals surface area contributed by atoms with Crippen molar-refractivity contribution in [2.45, 2.75) is 25.6 Å². The molecular weight excluding hydrogens is 262 g/mol. The van der Waals surface area contributed by atoms with E-state index in [4.69, 9.17) is 9.47 Å². The Balaban J connectivity index is 1.77. The van der Waals surface area contributed by atoms with E-state index >= 15 is 0 Å². The summed E-state index contributed by atoms with van der Waals surface area (Å²) in [6.07, 6.45) is 0. The highest BCUT2D eigenvalue weighted by atomic mass is 16.5. The van der Waals surface area contributed by atoms with E-state index in [1.54, 1.807) is 7.11 Å². The van der Waals surface area contributed by atoms with Crippen LogP contribution in [0.5, 0.6) is 5.75 Å². The monoisotopic (exact) mass is 283 g/mol. The van der Waals surface area contributed by atoms with Crippen LogP contribution in [-0.2, 0) is 11.3 Å². The Morgan fingerprint density at radius 2 is 2.05 bits per heavy atom. The zero-order valence-corrected chi connectivity index (χ0v) is 12.5. The Hall–Kier alpha value is -1.84. The Labute approximate surface area is 125 Å². The summed E-state index contributed by atoms with van der Waals surface area (Å²) in [7, 11) is 1.70. The van der Waals surface area contributed by atoms with E-state index in [0.717, 1.165) is 5.75 Å². The first-order valence-electron chi connectivity index (χ1n) is 7.33. The summed E-state index contributed by atoms with van der Waals surface area (Å²) in [5.41, 5.74) is 3.84. The highest BCUT2D eigenvalue weighted by Gasteiger charge is 2.22. The number of fused-ring (bicyclic) bond motifs is 1. The second-order valence-corrected chi connectivity index (χ2v) is 5.43. The van der Waals surface area contributed by atoms with Crippen LogP contribution in [0.25, 0.3) is 0 Å². The summed E-state index contributed by atoms with van der Waals surface area (Å²) in [6, 6.07) is 17.1. The van der Waals surface area contributed by atoms with Gasteiger partial charge in [-0.05, 0) is 35.7 Å². The standard InChI is InChI=1S/C18H21NO2/c1-13(14-7-5-8-16(10-14)20-2)19-18-12-21-11-15-6-3-4-9-17(15)18/h3-10,13,18-19H,11-12H2,1-2H3. The van der Waals surface area contributed by atoms with E-state index in [2.05, 4.69) is 48.6 Å². The van der Waals surface area contributed by atoms with E-state index < -0.39 is 0 Å². The summed E-state index contributed by atoms with van der Waals surface area (Å²) in [4.78, 5) is 0. The molecule has 3 heteroatoms. The van der Waals surface area contributed by atoms with Crippen molar-refractivity contribution in [3.05, 3.63) is 65.2 Å². The molecule has 3 nitrogen and oxygen atoms in total. The van der Waals surface area contributed by atoms with Gasteiger partial charge in [-0.3, -0.25) is 0 Å². The maximum atomic E-state index is 5.70. The van der Waals surface area contributed by atoms with Crippen LogP contribution in [0.2, 0.25) is 0 Å². The number of benzene rings is 2. The van der Waals surface area contributed by atoms with Gasteiger partial charge < -0.3 is 14.8 Å². The highest BCUT2D eigenvalue weighted by Crippen LogP contribution is 2.28. The zero-order valence-electron chi connectivity index (χ0n) is 12.5. The topological polar surface area (TPSA) is 30.5 Å². The van der Waals surface area contributed by atoms with Crippen molar-refractivity contribution in [2.75, 3.05) is 13.7 Å². The van der Waals surface area contributed by atoms with Gasteiger partial charge in [0.2, 0.25) is 0 Å². The molecule has 21 heavy (non-hydrogen) atoms. The van der Waals surface area contributed by atoms with Gasteiger partial charge in [0.05, 0.1) is 26.4 Å². The molecule has 0 aliphatic carbocycles. The lowest BCUT2D eigenvalue weighted by molar-refractivity contribution is 0.0791. The maximum Gasteiger partial charge on any atom is 0.119 e. The molecule has 0 radical (unpaired) electrons. The first-order valence-corrected chi connectivity index (χ1v) is 7.33. The molecule has 0 fully saturated rings. The molecule has 1 heterocycles. The molecule has 2 atom stereocenters. The molecule has 2 aromatic rings. The average Bonchev–Trinajstić information content (AvgIpc) is 2.55. The Morgan fingerprint density at radius 1 is 1.19 bits per heavy atom. The van der Waals surface area contributed by atoms with Crippen molar-refractivity contribution in [3.8, 4) is 5.75 Å². The van der Waals surface area contributed by atoms with Gasteiger partial charge in [0.25, 0.3) is 0 Å². The first-order chi connectivity index (χ1) is 10.3. The molecule has 1 N–H and O–H groups in total. The smallest absolute Gasteiger partial charge is 0.119 e. The summed E-state index contributed by atoms with van der Waals surface area (Å²) in [6.45, 7) is 3.60. The number of rotatable bonds is 4. The molecule has 0 saturated carbocycles. The van der Waals surface area contributed by atoms with E-state index in [-0.39, 0.29) is 12.1 Å². The van der Waals surface area contributed by atoms with Crippen LogP contribution < -0.4 is 10.1 Å². The summed E-state index contributed by atoms with van der Waals surface area (Å²) in [5.74, 6) is 0.890. The van der Waals surface area contributed by atoms with Crippen LogP contribution in [-0.4, -0.2) is 13.7 Å². The average molecular weight is 283 g/mol. The van der Waals surface area contributed by atoms with Crippen molar-refractivity contribution >= 4 is 0 Å².